The molecular weight excluding hydrogens is 364 g/mol. The molecule has 122 valence electrons. The minimum atomic E-state index is -0.223. The average molecular weight is 388 g/mol. The molecule has 2 fully saturated rings. The van der Waals surface area contributed by atoms with Crippen LogP contribution in [0.5, 0.6) is 0 Å². The Balaban J connectivity index is 0.00000176. The summed E-state index contributed by atoms with van der Waals surface area (Å²) in [6.07, 6.45) is 4.25. The third-order valence-corrected chi connectivity index (χ3v) is 5.42. The second kappa shape index (κ2) is 7.33. The fourth-order valence-electron chi connectivity index (χ4n) is 3.47. The number of likely N-dealkylation sites (tertiary alicyclic amines) is 1. The fourth-order valence-corrected chi connectivity index (χ4v) is 3.87. The van der Waals surface area contributed by atoms with E-state index in [1.165, 1.54) is 5.56 Å². The van der Waals surface area contributed by atoms with Gasteiger partial charge in [-0.3, -0.25) is 4.79 Å². The Labute approximate surface area is 147 Å². The highest BCUT2D eigenvalue weighted by molar-refractivity contribution is 9.10. The zero-order valence-electron chi connectivity index (χ0n) is 13.0. The monoisotopic (exact) mass is 386 g/mol. The molecule has 1 aliphatic carbocycles. The number of piperidine rings is 1. The van der Waals surface area contributed by atoms with Gasteiger partial charge in [-0.05, 0) is 62.9 Å². The Morgan fingerprint density at radius 2 is 2.05 bits per heavy atom. The lowest BCUT2D eigenvalue weighted by atomic mass is 9.91. The second-order valence-electron chi connectivity index (χ2n) is 6.39. The summed E-state index contributed by atoms with van der Waals surface area (Å²) in [6, 6.07) is 8.27. The van der Waals surface area contributed by atoms with Crippen molar-refractivity contribution in [2.24, 2.45) is 5.92 Å². The summed E-state index contributed by atoms with van der Waals surface area (Å²) in [5, 5.41) is 3.25. The van der Waals surface area contributed by atoms with E-state index in [-0.39, 0.29) is 17.8 Å². The zero-order valence-corrected chi connectivity index (χ0v) is 15.4. The first-order chi connectivity index (χ1) is 10.2. The summed E-state index contributed by atoms with van der Waals surface area (Å²) in [6.45, 7) is 2.90. The van der Waals surface area contributed by atoms with Gasteiger partial charge in [0, 0.05) is 17.6 Å². The maximum Gasteiger partial charge on any atom is 0.233 e. The molecule has 1 aromatic rings. The van der Waals surface area contributed by atoms with Crippen LogP contribution in [-0.4, -0.2) is 37.5 Å². The zero-order chi connectivity index (χ0) is 14.9. The molecule has 1 aromatic carbocycles. The smallest absolute Gasteiger partial charge is 0.233 e. The molecule has 3 nitrogen and oxygen atoms in total. The number of hydrogen-bond donors (Lipinski definition) is 1. The van der Waals surface area contributed by atoms with E-state index in [2.05, 4.69) is 38.3 Å². The normalized spacial score (nSPS) is 20.4. The first kappa shape index (κ1) is 17.8. The van der Waals surface area contributed by atoms with Gasteiger partial charge < -0.3 is 10.2 Å². The summed E-state index contributed by atoms with van der Waals surface area (Å²) in [7, 11) is 2.00. The van der Waals surface area contributed by atoms with Gasteiger partial charge in [0.25, 0.3) is 0 Å². The van der Waals surface area contributed by atoms with Crippen molar-refractivity contribution in [3.8, 4) is 0 Å². The molecule has 0 bridgehead atoms. The van der Waals surface area contributed by atoms with E-state index >= 15 is 0 Å². The summed E-state index contributed by atoms with van der Waals surface area (Å²) in [5.41, 5.74) is 0.957. The van der Waals surface area contributed by atoms with Gasteiger partial charge >= 0.3 is 0 Å². The van der Waals surface area contributed by atoms with E-state index in [9.17, 15) is 4.79 Å². The van der Waals surface area contributed by atoms with Crippen LogP contribution in [-0.2, 0) is 10.2 Å². The molecule has 0 atom stereocenters. The second-order valence-corrected chi connectivity index (χ2v) is 7.30. The van der Waals surface area contributed by atoms with Crippen LogP contribution in [0.1, 0.15) is 31.2 Å². The maximum absolute atomic E-state index is 13.0. The summed E-state index contributed by atoms with van der Waals surface area (Å²) < 4.78 is 1.06. The highest BCUT2D eigenvalue weighted by Crippen LogP contribution is 2.50. The first-order valence-electron chi connectivity index (χ1n) is 7.86. The van der Waals surface area contributed by atoms with Gasteiger partial charge in [-0.15, -0.1) is 12.4 Å². The third-order valence-electron chi connectivity index (χ3n) is 4.93. The van der Waals surface area contributed by atoms with Crippen LogP contribution in [0.3, 0.4) is 0 Å². The molecule has 1 saturated carbocycles. The van der Waals surface area contributed by atoms with Gasteiger partial charge in [0.1, 0.15) is 0 Å². The number of amides is 1. The van der Waals surface area contributed by atoms with Crippen LogP contribution >= 0.6 is 28.3 Å². The summed E-state index contributed by atoms with van der Waals surface area (Å²) in [4.78, 5) is 15.1. The van der Waals surface area contributed by atoms with Crippen molar-refractivity contribution >= 4 is 34.2 Å². The van der Waals surface area contributed by atoms with E-state index in [1.54, 1.807) is 0 Å². The van der Waals surface area contributed by atoms with Crippen molar-refractivity contribution in [1.29, 1.82) is 0 Å². The Hall–Kier alpha value is -0.580. The lowest BCUT2D eigenvalue weighted by molar-refractivity contribution is -0.135. The number of nitrogens with zero attached hydrogens (tertiary/aromatic N) is 1. The van der Waals surface area contributed by atoms with E-state index in [1.807, 2.05) is 19.2 Å². The van der Waals surface area contributed by atoms with Gasteiger partial charge in [-0.2, -0.15) is 0 Å². The van der Waals surface area contributed by atoms with Crippen LogP contribution in [0.25, 0.3) is 0 Å². The number of carbonyl (C=O) groups is 1. The molecule has 0 spiro atoms. The fraction of sp³-hybridized carbons (Fsp3) is 0.588. The highest BCUT2D eigenvalue weighted by Gasteiger charge is 2.53. The number of halogens is 2. The van der Waals surface area contributed by atoms with Crippen LogP contribution in [0.4, 0.5) is 0 Å². The number of rotatable bonds is 4. The van der Waals surface area contributed by atoms with Crippen molar-refractivity contribution < 1.29 is 4.79 Å². The third kappa shape index (κ3) is 3.50. The average Bonchev–Trinajstić information content (AvgIpc) is 3.29. The quantitative estimate of drug-likeness (QED) is 0.859. The van der Waals surface area contributed by atoms with Crippen molar-refractivity contribution in [3.63, 3.8) is 0 Å². The SMILES string of the molecule is CNCC1CCN(C(=O)C2(c3cccc(Br)c3)CC2)CC1.Cl. The predicted octanol–water partition coefficient (Wildman–Crippen LogP) is 3.36. The minimum absolute atomic E-state index is 0. The molecule has 0 unspecified atom stereocenters. The largest absolute Gasteiger partial charge is 0.342 e. The van der Waals surface area contributed by atoms with E-state index < -0.39 is 0 Å². The Morgan fingerprint density at radius 3 is 2.59 bits per heavy atom. The van der Waals surface area contributed by atoms with Crippen molar-refractivity contribution in [3.05, 3.63) is 34.3 Å². The number of nitrogens with one attached hydrogen (secondary N) is 1. The minimum Gasteiger partial charge on any atom is -0.342 e. The molecule has 0 aromatic heterocycles. The van der Waals surface area contributed by atoms with Crippen molar-refractivity contribution in [2.75, 3.05) is 26.7 Å². The molecule has 0 radical (unpaired) electrons. The lowest BCUT2D eigenvalue weighted by Gasteiger charge is -2.34. The molecule has 1 N–H and O–H groups in total. The summed E-state index contributed by atoms with van der Waals surface area (Å²) in [5.74, 6) is 1.07. The van der Waals surface area contributed by atoms with Crippen molar-refractivity contribution in [1.82, 2.24) is 10.2 Å². The van der Waals surface area contributed by atoms with E-state index in [0.717, 1.165) is 55.7 Å². The molecule has 1 saturated heterocycles. The molecule has 1 aliphatic heterocycles. The Bertz CT molecular complexity index is 525. The van der Waals surface area contributed by atoms with Gasteiger partial charge in [-0.1, -0.05) is 28.1 Å². The van der Waals surface area contributed by atoms with E-state index in [4.69, 9.17) is 0 Å². The lowest BCUT2D eigenvalue weighted by Crippen LogP contribution is -2.45. The Kier molecular flexibility index (Phi) is 5.92. The standard InChI is InChI=1S/C17H23BrN2O.ClH/c1-19-12-13-5-9-20(10-6-13)16(21)17(7-8-17)14-3-2-4-15(18)11-14;/h2-4,11,13,19H,5-10,12H2,1H3;1H. The van der Waals surface area contributed by atoms with Crippen LogP contribution in [0.2, 0.25) is 0 Å². The Morgan fingerprint density at radius 1 is 1.36 bits per heavy atom. The first-order valence-corrected chi connectivity index (χ1v) is 8.65. The van der Waals surface area contributed by atoms with Gasteiger partial charge in [0.2, 0.25) is 5.91 Å². The molecule has 22 heavy (non-hydrogen) atoms. The number of hydrogen-bond acceptors (Lipinski definition) is 2. The van der Waals surface area contributed by atoms with Gasteiger partial charge in [-0.25, -0.2) is 0 Å². The van der Waals surface area contributed by atoms with Crippen LogP contribution in [0.15, 0.2) is 28.7 Å². The molecule has 1 amide bonds. The van der Waals surface area contributed by atoms with Crippen LogP contribution < -0.4 is 5.32 Å². The van der Waals surface area contributed by atoms with Crippen molar-refractivity contribution in [2.45, 2.75) is 31.1 Å². The summed E-state index contributed by atoms with van der Waals surface area (Å²) >= 11 is 3.52. The predicted molar refractivity (Wildman–Crippen MR) is 95.5 cm³/mol. The van der Waals surface area contributed by atoms with Crippen LogP contribution in [0, 0.1) is 5.92 Å². The molecule has 1 heterocycles. The van der Waals surface area contributed by atoms with E-state index in [0.29, 0.717) is 5.91 Å². The number of carbonyl (C=O) groups excluding carboxylic acids is 1. The molecule has 5 heteroatoms. The maximum atomic E-state index is 13.0. The number of benzene rings is 1. The molecule has 3 rings (SSSR count). The van der Waals surface area contributed by atoms with Gasteiger partial charge in [0.05, 0.1) is 5.41 Å². The molecular formula is C17H24BrClN2O. The molecule has 2 aliphatic rings. The topological polar surface area (TPSA) is 32.3 Å². The highest BCUT2D eigenvalue weighted by atomic mass is 79.9. The van der Waals surface area contributed by atoms with Gasteiger partial charge in [0.15, 0.2) is 0 Å².